The highest BCUT2D eigenvalue weighted by Crippen LogP contribution is 2.43. The number of benzene rings is 1. The molecule has 0 amide bonds. The van der Waals surface area contributed by atoms with Crippen LogP contribution in [-0.4, -0.2) is 20.0 Å². The van der Waals surface area contributed by atoms with E-state index in [1.807, 2.05) is 0 Å². The Kier molecular flexibility index (Phi) is 4.92. The number of halogens is 1. The lowest BCUT2D eigenvalue weighted by Gasteiger charge is -2.41. The first kappa shape index (κ1) is 16.7. The molecule has 0 aliphatic heterocycles. The average molecular weight is 347 g/mol. The van der Waals surface area contributed by atoms with Crippen molar-refractivity contribution in [2.45, 2.75) is 37.5 Å². The maximum atomic E-state index is 12.3. The summed E-state index contributed by atoms with van der Waals surface area (Å²) in [6.07, 6.45) is 4.31. The fourth-order valence-corrected chi connectivity index (χ4v) is 4.29. The third-order valence-electron chi connectivity index (χ3n) is 4.32. The summed E-state index contributed by atoms with van der Waals surface area (Å²) in [7, 11) is -3.56. The number of nitrogens with two attached hydrogens (primary N) is 1. The summed E-state index contributed by atoms with van der Waals surface area (Å²) in [5, 5.41) is 0.249. The minimum atomic E-state index is -3.56. The maximum Gasteiger partial charge on any atom is 0.240 e. The van der Waals surface area contributed by atoms with E-state index in [0.717, 1.165) is 19.3 Å². The SMILES string of the molecule is CCC1(CNS(=O)(=O)c2ccc(C(N)=S)c(Cl)c2)CCC1. The smallest absolute Gasteiger partial charge is 0.240 e. The Morgan fingerprint density at radius 2 is 2.14 bits per heavy atom. The Hall–Kier alpha value is -0.690. The van der Waals surface area contributed by atoms with Crippen LogP contribution in [-0.2, 0) is 10.0 Å². The molecule has 0 bridgehead atoms. The van der Waals surface area contributed by atoms with Crippen LogP contribution in [0.15, 0.2) is 23.1 Å². The Bertz CT molecular complexity index is 649. The van der Waals surface area contributed by atoms with Gasteiger partial charge in [-0.1, -0.05) is 37.2 Å². The molecular weight excluding hydrogens is 328 g/mol. The van der Waals surface area contributed by atoms with E-state index in [9.17, 15) is 8.42 Å². The molecule has 0 radical (unpaired) electrons. The van der Waals surface area contributed by atoms with Gasteiger partial charge in [-0.25, -0.2) is 13.1 Å². The molecule has 4 nitrogen and oxygen atoms in total. The standard InChI is InChI=1S/C14H19ClN2O2S2/c1-2-14(6-3-7-14)9-17-21(18,19)10-4-5-11(13(16)20)12(15)8-10/h4-5,8,17H,2-3,6-7,9H2,1H3,(H2,16,20). The highest BCUT2D eigenvalue weighted by molar-refractivity contribution is 7.89. The van der Waals surface area contributed by atoms with E-state index in [4.69, 9.17) is 29.6 Å². The first-order chi connectivity index (χ1) is 9.80. The topological polar surface area (TPSA) is 72.2 Å². The van der Waals surface area contributed by atoms with Crippen molar-refractivity contribution in [1.82, 2.24) is 4.72 Å². The molecule has 1 fully saturated rings. The predicted molar refractivity (Wildman–Crippen MR) is 89.1 cm³/mol. The van der Waals surface area contributed by atoms with Gasteiger partial charge >= 0.3 is 0 Å². The van der Waals surface area contributed by atoms with Crippen molar-refractivity contribution in [2.24, 2.45) is 11.1 Å². The van der Waals surface area contributed by atoms with E-state index >= 15 is 0 Å². The summed E-state index contributed by atoms with van der Waals surface area (Å²) in [6, 6.07) is 4.40. The van der Waals surface area contributed by atoms with Gasteiger partial charge in [0.2, 0.25) is 10.0 Å². The summed E-state index contributed by atoms with van der Waals surface area (Å²) in [4.78, 5) is 0.286. The van der Waals surface area contributed by atoms with Crippen molar-refractivity contribution < 1.29 is 8.42 Å². The fourth-order valence-electron chi connectivity index (χ4n) is 2.53. The van der Waals surface area contributed by atoms with Gasteiger partial charge < -0.3 is 5.73 Å². The number of hydrogen-bond acceptors (Lipinski definition) is 3. The summed E-state index contributed by atoms with van der Waals surface area (Å²) < 4.78 is 27.4. The van der Waals surface area contributed by atoms with Crippen LogP contribution in [0.5, 0.6) is 0 Å². The predicted octanol–water partition coefficient (Wildman–Crippen LogP) is 2.83. The van der Waals surface area contributed by atoms with Gasteiger partial charge in [-0.05, 0) is 42.9 Å². The molecule has 1 aromatic carbocycles. The normalized spacial score (nSPS) is 17.2. The summed E-state index contributed by atoms with van der Waals surface area (Å²) in [6.45, 7) is 2.57. The quantitative estimate of drug-likeness (QED) is 0.777. The molecule has 1 aliphatic rings. The molecule has 0 heterocycles. The van der Waals surface area contributed by atoms with Gasteiger partial charge in [0.1, 0.15) is 4.99 Å². The highest BCUT2D eigenvalue weighted by atomic mass is 35.5. The lowest BCUT2D eigenvalue weighted by atomic mass is 9.67. The van der Waals surface area contributed by atoms with Crippen LogP contribution < -0.4 is 10.5 Å². The van der Waals surface area contributed by atoms with Crippen molar-refractivity contribution in [3.8, 4) is 0 Å². The van der Waals surface area contributed by atoms with E-state index in [2.05, 4.69) is 11.6 Å². The van der Waals surface area contributed by atoms with Crippen LogP contribution in [0.4, 0.5) is 0 Å². The molecule has 116 valence electrons. The molecule has 0 atom stereocenters. The maximum absolute atomic E-state index is 12.3. The van der Waals surface area contributed by atoms with Gasteiger partial charge in [-0.2, -0.15) is 0 Å². The molecule has 2 rings (SSSR count). The molecule has 1 saturated carbocycles. The van der Waals surface area contributed by atoms with Crippen molar-refractivity contribution in [1.29, 1.82) is 0 Å². The molecule has 0 aromatic heterocycles. The van der Waals surface area contributed by atoms with E-state index in [-0.39, 0.29) is 20.3 Å². The van der Waals surface area contributed by atoms with Gasteiger partial charge in [0.15, 0.2) is 0 Å². The van der Waals surface area contributed by atoms with E-state index < -0.39 is 10.0 Å². The average Bonchev–Trinajstić information content (AvgIpc) is 2.37. The Morgan fingerprint density at radius 3 is 2.57 bits per heavy atom. The van der Waals surface area contributed by atoms with Crippen molar-refractivity contribution >= 4 is 38.8 Å². The number of thiocarbonyl (C=S) groups is 1. The summed E-state index contributed by atoms with van der Waals surface area (Å²) in [5.41, 5.74) is 6.12. The van der Waals surface area contributed by atoms with Crippen LogP contribution in [0.3, 0.4) is 0 Å². The molecule has 3 N–H and O–H groups in total. The number of nitrogens with one attached hydrogen (secondary N) is 1. The van der Waals surface area contributed by atoms with Gasteiger partial charge in [-0.3, -0.25) is 0 Å². The first-order valence-corrected chi connectivity index (χ1v) is 9.16. The molecule has 7 heteroatoms. The molecule has 21 heavy (non-hydrogen) atoms. The largest absolute Gasteiger partial charge is 0.389 e. The van der Waals surface area contributed by atoms with Crippen LogP contribution in [0.25, 0.3) is 0 Å². The minimum absolute atomic E-state index is 0.121. The minimum Gasteiger partial charge on any atom is -0.389 e. The second-order valence-corrected chi connectivity index (χ2v) is 8.15. The zero-order valence-electron chi connectivity index (χ0n) is 11.9. The molecule has 0 unspecified atom stereocenters. The molecule has 0 saturated heterocycles. The third-order valence-corrected chi connectivity index (χ3v) is 6.25. The second-order valence-electron chi connectivity index (χ2n) is 5.54. The summed E-state index contributed by atoms with van der Waals surface area (Å²) in [5.74, 6) is 0. The number of rotatable bonds is 6. The van der Waals surface area contributed by atoms with Crippen molar-refractivity contribution in [2.75, 3.05) is 6.54 Å². The van der Waals surface area contributed by atoms with Crippen LogP contribution in [0, 0.1) is 5.41 Å². The van der Waals surface area contributed by atoms with Gasteiger partial charge in [-0.15, -0.1) is 0 Å². The molecule has 1 aromatic rings. The molecular formula is C14H19ClN2O2S2. The van der Waals surface area contributed by atoms with Crippen LogP contribution in [0.2, 0.25) is 5.02 Å². The van der Waals surface area contributed by atoms with Gasteiger partial charge in [0.25, 0.3) is 0 Å². The fraction of sp³-hybridized carbons (Fsp3) is 0.500. The van der Waals surface area contributed by atoms with Crippen LogP contribution >= 0.6 is 23.8 Å². The molecule has 1 aliphatic carbocycles. The first-order valence-electron chi connectivity index (χ1n) is 6.89. The highest BCUT2D eigenvalue weighted by Gasteiger charge is 2.36. The lowest BCUT2D eigenvalue weighted by Crippen LogP contribution is -2.41. The van der Waals surface area contributed by atoms with E-state index in [1.54, 1.807) is 0 Å². The molecule has 0 spiro atoms. The Labute approximate surface area is 136 Å². The van der Waals surface area contributed by atoms with E-state index in [0.29, 0.717) is 12.1 Å². The van der Waals surface area contributed by atoms with Crippen LogP contribution in [0.1, 0.15) is 38.2 Å². The Balaban J connectivity index is 2.16. The van der Waals surface area contributed by atoms with Crippen molar-refractivity contribution in [3.05, 3.63) is 28.8 Å². The van der Waals surface area contributed by atoms with E-state index in [1.165, 1.54) is 24.6 Å². The third kappa shape index (κ3) is 3.56. The van der Waals surface area contributed by atoms with Gasteiger partial charge in [0, 0.05) is 12.1 Å². The lowest BCUT2D eigenvalue weighted by molar-refractivity contribution is 0.133. The second kappa shape index (κ2) is 6.20. The zero-order chi connectivity index (χ0) is 15.7. The number of sulfonamides is 1. The van der Waals surface area contributed by atoms with Gasteiger partial charge in [0.05, 0.1) is 9.92 Å². The Morgan fingerprint density at radius 1 is 1.48 bits per heavy atom. The monoisotopic (exact) mass is 346 g/mol. The summed E-state index contributed by atoms with van der Waals surface area (Å²) >= 11 is 10.9. The van der Waals surface area contributed by atoms with Crippen molar-refractivity contribution in [3.63, 3.8) is 0 Å². The zero-order valence-corrected chi connectivity index (χ0v) is 14.2. The number of hydrogen-bond donors (Lipinski definition) is 2.